The van der Waals surface area contributed by atoms with Gasteiger partial charge in [0.15, 0.2) is 6.29 Å². The maximum absolute atomic E-state index is 5.97. The highest BCUT2D eigenvalue weighted by Gasteiger charge is 2.23. The molecule has 0 aromatic rings. The maximum atomic E-state index is 5.97. The summed E-state index contributed by atoms with van der Waals surface area (Å²) in [6.45, 7) is 3.61. The van der Waals surface area contributed by atoms with E-state index in [0.717, 1.165) is 32.5 Å². The van der Waals surface area contributed by atoms with Gasteiger partial charge >= 0.3 is 0 Å². The molecular formula is C8H15ClO2. The van der Waals surface area contributed by atoms with Crippen molar-refractivity contribution >= 4 is 11.6 Å². The van der Waals surface area contributed by atoms with Crippen LogP contribution in [-0.2, 0) is 9.47 Å². The topological polar surface area (TPSA) is 18.5 Å². The fraction of sp³-hybridized carbons (Fsp3) is 1.00. The van der Waals surface area contributed by atoms with Gasteiger partial charge in [0.1, 0.15) is 0 Å². The second-order valence-corrected chi connectivity index (χ2v) is 3.33. The predicted molar refractivity (Wildman–Crippen MR) is 44.9 cm³/mol. The molecule has 0 N–H and O–H groups in total. The molecule has 0 spiro atoms. The first-order valence-corrected chi connectivity index (χ1v) is 4.65. The molecule has 1 saturated heterocycles. The Morgan fingerprint density at radius 2 is 2.45 bits per heavy atom. The third-order valence-corrected chi connectivity index (χ3v) is 2.11. The molecule has 0 unspecified atom stereocenters. The van der Waals surface area contributed by atoms with Crippen LogP contribution in [0.4, 0.5) is 0 Å². The van der Waals surface area contributed by atoms with Gasteiger partial charge in [0.25, 0.3) is 0 Å². The first kappa shape index (κ1) is 9.30. The third-order valence-electron chi connectivity index (χ3n) is 1.69. The van der Waals surface area contributed by atoms with Gasteiger partial charge in [-0.25, -0.2) is 0 Å². The fourth-order valence-electron chi connectivity index (χ4n) is 1.10. The van der Waals surface area contributed by atoms with Crippen LogP contribution < -0.4 is 0 Å². The van der Waals surface area contributed by atoms with E-state index in [2.05, 4.69) is 6.92 Å². The van der Waals surface area contributed by atoms with Crippen LogP contribution in [-0.4, -0.2) is 24.9 Å². The van der Waals surface area contributed by atoms with Gasteiger partial charge < -0.3 is 9.47 Å². The third kappa shape index (κ3) is 2.97. The smallest absolute Gasteiger partial charge is 0.173 e. The normalized spacial score (nSPS) is 32.2. The minimum Gasteiger partial charge on any atom is -0.351 e. The Balaban J connectivity index is 2.18. The molecule has 2 atom stereocenters. The molecule has 2 nitrogen and oxygen atoms in total. The van der Waals surface area contributed by atoms with Crippen molar-refractivity contribution in [3.8, 4) is 0 Å². The lowest BCUT2D eigenvalue weighted by atomic mass is 10.2. The Morgan fingerprint density at radius 1 is 1.64 bits per heavy atom. The molecule has 11 heavy (non-hydrogen) atoms. The molecule has 66 valence electrons. The average Bonchev–Trinajstić information content (AvgIpc) is 2.03. The minimum atomic E-state index is -0.162. The summed E-state index contributed by atoms with van der Waals surface area (Å²) in [7, 11) is 0. The summed E-state index contributed by atoms with van der Waals surface area (Å²) < 4.78 is 10.7. The number of halogens is 1. The van der Waals surface area contributed by atoms with Crippen molar-refractivity contribution in [3.05, 3.63) is 0 Å². The molecule has 1 aliphatic heterocycles. The first-order valence-electron chi connectivity index (χ1n) is 4.22. The van der Waals surface area contributed by atoms with Gasteiger partial charge in [0.05, 0.1) is 5.38 Å². The zero-order valence-electron chi connectivity index (χ0n) is 6.88. The van der Waals surface area contributed by atoms with Gasteiger partial charge in [-0.05, 0) is 19.3 Å². The quantitative estimate of drug-likeness (QED) is 0.617. The molecule has 3 heteroatoms. The van der Waals surface area contributed by atoms with Crippen LogP contribution in [0.2, 0.25) is 0 Å². The Hall–Kier alpha value is 0.210. The van der Waals surface area contributed by atoms with Crippen LogP contribution in [0.1, 0.15) is 26.2 Å². The molecule has 0 aromatic carbocycles. The Bertz CT molecular complexity index is 108. The molecule has 1 rings (SSSR count). The Morgan fingerprint density at radius 3 is 3.09 bits per heavy atom. The molecule has 1 heterocycles. The van der Waals surface area contributed by atoms with Gasteiger partial charge in [0, 0.05) is 13.2 Å². The van der Waals surface area contributed by atoms with Crippen LogP contribution in [0.25, 0.3) is 0 Å². The predicted octanol–water partition coefficient (Wildman–Crippen LogP) is 2.16. The van der Waals surface area contributed by atoms with Crippen molar-refractivity contribution in [2.75, 3.05) is 13.2 Å². The lowest BCUT2D eigenvalue weighted by Crippen LogP contribution is -2.32. The highest BCUT2D eigenvalue weighted by atomic mass is 35.5. The Labute approximate surface area is 72.8 Å². The van der Waals surface area contributed by atoms with Crippen molar-refractivity contribution in [2.24, 2.45) is 0 Å². The van der Waals surface area contributed by atoms with Crippen LogP contribution in [0.3, 0.4) is 0 Å². The molecule has 0 radical (unpaired) electrons. The second-order valence-electron chi connectivity index (χ2n) is 2.77. The van der Waals surface area contributed by atoms with Gasteiger partial charge in [-0.1, -0.05) is 6.92 Å². The van der Waals surface area contributed by atoms with Gasteiger partial charge in [0.2, 0.25) is 0 Å². The fourth-order valence-corrected chi connectivity index (χ4v) is 1.40. The van der Waals surface area contributed by atoms with Crippen molar-refractivity contribution in [2.45, 2.75) is 37.9 Å². The second kappa shape index (κ2) is 4.96. The van der Waals surface area contributed by atoms with Gasteiger partial charge in [-0.2, -0.15) is 0 Å². The molecule has 0 bridgehead atoms. The molecule has 1 aliphatic rings. The zero-order valence-corrected chi connectivity index (χ0v) is 7.64. The summed E-state index contributed by atoms with van der Waals surface area (Å²) in [5.74, 6) is 0. The lowest BCUT2D eigenvalue weighted by molar-refractivity contribution is -0.159. The summed E-state index contributed by atoms with van der Waals surface area (Å²) >= 11 is 5.97. The van der Waals surface area contributed by atoms with E-state index in [0.29, 0.717) is 0 Å². The number of ether oxygens (including phenoxy) is 2. The highest BCUT2D eigenvalue weighted by Crippen LogP contribution is 2.20. The molecule has 0 aromatic heterocycles. The summed E-state index contributed by atoms with van der Waals surface area (Å²) in [6.07, 6.45) is 2.92. The van der Waals surface area contributed by atoms with E-state index in [4.69, 9.17) is 21.1 Å². The zero-order chi connectivity index (χ0) is 8.10. The van der Waals surface area contributed by atoms with Crippen LogP contribution in [0.5, 0.6) is 0 Å². The van der Waals surface area contributed by atoms with E-state index in [9.17, 15) is 0 Å². The van der Waals surface area contributed by atoms with Crippen molar-refractivity contribution in [1.29, 1.82) is 0 Å². The van der Waals surface area contributed by atoms with Crippen LogP contribution in [0.15, 0.2) is 0 Å². The Kier molecular flexibility index (Phi) is 4.20. The first-order chi connectivity index (χ1) is 5.34. The van der Waals surface area contributed by atoms with Crippen molar-refractivity contribution in [1.82, 2.24) is 0 Å². The minimum absolute atomic E-state index is 0.0512. The molecule has 0 aliphatic carbocycles. The standard InChI is InChI=1S/C8H15ClO2/c1-2-5-10-8-7(9)4-3-6-11-8/h7-8H,2-6H2,1H3/t7-,8-/m1/s1. The number of hydrogen-bond donors (Lipinski definition) is 0. The van der Waals surface area contributed by atoms with Gasteiger partial charge in [-0.15, -0.1) is 11.6 Å². The highest BCUT2D eigenvalue weighted by molar-refractivity contribution is 6.20. The largest absolute Gasteiger partial charge is 0.351 e. The van der Waals surface area contributed by atoms with E-state index >= 15 is 0 Å². The van der Waals surface area contributed by atoms with Gasteiger partial charge in [-0.3, -0.25) is 0 Å². The van der Waals surface area contributed by atoms with Crippen LogP contribution in [0, 0.1) is 0 Å². The summed E-state index contributed by atoms with van der Waals surface area (Å²) in [5, 5.41) is 0.0512. The van der Waals surface area contributed by atoms with E-state index in [-0.39, 0.29) is 11.7 Å². The van der Waals surface area contributed by atoms with E-state index in [1.54, 1.807) is 0 Å². The SMILES string of the molecule is CCCO[C@@H]1OCCC[C@H]1Cl. The summed E-state index contributed by atoms with van der Waals surface area (Å²) in [5.41, 5.74) is 0. The summed E-state index contributed by atoms with van der Waals surface area (Å²) in [6, 6.07) is 0. The van der Waals surface area contributed by atoms with Crippen molar-refractivity contribution in [3.63, 3.8) is 0 Å². The van der Waals surface area contributed by atoms with E-state index in [1.165, 1.54) is 0 Å². The maximum Gasteiger partial charge on any atom is 0.173 e. The number of rotatable bonds is 3. The van der Waals surface area contributed by atoms with E-state index in [1.807, 2.05) is 0 Å². The molecular weight excluding hydrogens is 164 g/mol. The number of alkyl halides is 1. The average molecular weight is 179 g/mol. The molecule has 1 fully saturated rings. The molecule has 0 amide bonds. The molecule has 0 saturated carbocycles. The van der Waals surface area contributed by atoms with Crippen molar-refractivity contribution < 1.29 is 9.47 Å². The number of hydrogen-bond acceptors (Lipinski definition) is 2. The summed E-state index contributed by atoms with van der Waals surface area (Å²) in [4.78, 5) is 0. The van der Waals surface area contributed by atoms with E-state index < -0.39 is 0 Å². The monoisotopic (exact) mass is 178 g/mol. The lowest BCUT2D eigenvalue weighted by Gasteiger charge is -2.27. The van der Waals surface area contributed by atoms with Crippen LogP contribution >= 0.6 is 11.6 Å².